The molecule has 0 heterocycles. The van der Waals surface area contributed by atoms with Crippen LogP contribution in [0, 0.1) is 0 Å². The van der Waals surface area contributed by atoms with E-state index in [0.29, 0.717) is 0 Å². The van der Waals surface area contributed by atoms with Crippen molar-refractivity contribution in [1.82, 2.24) is 0 Å². The topological polar surface area (TPSA) is 88.1 Å². The van der Waals surface area contributed by atoms with E-state index in [0.717, 1.165) is 0 Å². The van der Waals surface area contributed by atoms with E-state index >= 15 is 0 Å². The largest absolute Gasteiger partial charge is 0.473 e. The molecule has 0 aliphatic heterocycles. The Labute approximate surface area is 163 Å². The Kier molecular flexibility index (Phi) is 7.56. The molecule has 0 aliphatic rings. The molecule has 0 radical (unpaired) electrons. The number of rotatable bonds is 8. The molecule has 7 nitrogen and oxygen atoms in total. The van der Waals surface area contributed by atoms with E-state index in [1.54, 1.807) is 44.2 Å². The molecule has 0 N–H and O–H groups in total. The molecule has 1 atom stereocenters. The Bertz CT molecular complexity index is 844. The number of esters is 3. The Hall–Kier alpha value is -3.35. The van der Waals surface area contributed by atoms with Gasteiger partial charge in [-0.25, -0.2) is 14.4 Å². The van der Waals surface area contributed by atoms with Crippen LogP contribution in [0.3, 0.4) is 0 Å². The number of ether oxygens (including phenoxy) is 4. The normalized spacial score (nSPS) is 11.2. The van der Waals surface area contributed by atoms with Crippen LogP contribution in [0.5, 0.6) is 5.75 Å². The summed E-state index contributed by atoms with van der Waals surface area (Å²) in [5.74, 6) is -1.76. The summed E-state index contributed by atoms with van der Waals surface area (Å²) in [7, 11) is 1.25. The van der Waals surface area contributed by atoms with Gasteiger partial charge in [0.1, 0.15) is 11.3 Å². The number of hydrogen-bond donors (Lipinski definition) is 0. The van der Waals surface area contributed by atoms with Gasteiger partial charge in [0, 0.05) is 5.56 Å². The molecular formula is C21H22O7. The van der Waals surface area contributed by atoms with Crippen LogP contribution in [-0.4, -0.2) is 38.2 Å². The molecule has 0 spiro atoms. The number of carbonyl (C=O) groups is 3. The van der Waals surface area contributed by atoms with Gasteiger partial charge in [0.25, 0.3) is 0 Å². The van der Waals surface area contributed by atoms with Gasteiger partial charge in [-0.3, -0.25) is 0 Å². The van der Waals surface area contributed by atoms with E-state index < -0.39 is 24.0 Å². The minimum atomic E-state index is -1.27. The third kappa shape index (κ3) is 4.88. The van der Waals surface area contributed by atoms with Crippen LogP contribution in [0.15, 0.2) is 48.5 Å². The second-order valence-corrected chi connectivity index (χ2v) is 5.55. The molecule has 0 aliphatic carbocycles. The number of carbonyl (C=O) groups excluding carboxylic acids is 3. The van der Waals surface area contributed by atoms with Crippen LogP contribution >= 0.6 is 0 Å². The SMILES string of the molecule is CCOC(=O)c1ccccc1C(Oc1ccccc1C(=O)OC)C(=O)OCC. The summed E-state index contributed by atoms with van der Waals surface area (Å²) in [6.07, 6.45) is -1.27. The van der Waals surface area contributed by atoms with Crippen molar-refractivity contribution in [3.8, 4) is 5.75 Å². The molecule has 0 aromatic heterocycles. The van der Waals surface area contributed by atoms with E-state index in [1.165, 1.54) is 25.3 Å². The van der Waals surface area contributed by atoms with Gasteiger partial charge in [-0.2, -0.15) is 0 Å². The number of methoxy groups -OCH3 is 1. The molecule has 7 heteroatoms. The molecular weight excluding hydrogens is 364 g/mol. The Morgan fingerprint density at radius 3 is 2.07 bits per heavy atom. The first-order valence-corrected chi connectivity index (χ1v) is 8.80. The number of para-hydroxylation sites is 1. The van der Waals surface area contributed by atoms with Crippen LogP contribution < -0.4 is 4.74 Å². The van der Waals surface area contributed by atoms with Gasteiger partial charge < -0.3 is 18.9 Å². The number of benzene rings is 2. The fourth-order valence-corrected chi connectivity index (χ4v) is 2.55. The first-order chi connectivity index (χ1) is 13.5. The average Bonchev–Trinajstić information content (AvgIpc) is 2.72. The quantitative estimate of drug-likeness (QED) is 0.508. The zero-order chi connectivity index (χ0) is 20.5. The maximum Gasteiger partial charge on any atom is 0.352 e. The van der Waals surface area contributed by atoms with Crippen LogP contribution in [0.25, 0.3) is 0 Å². The van der Waals surface area contributed by atoms with Crippen LogP contribution in [-0.2, 0) is 19.0 Å². The van der Waals surface area contributed by atoms with Gasteiger partial charge >= 0.3 is 17.9 Å². The summed E-state index contributed by atoms with van der Waals surface area (Å²) in [4.78, 5) is 37.0. The van der Waals surface area contributed by atoms with E-state index in [-0.39, 0.29) is 35.7 Å². The molecule has 148 valence electrons. The predicted molar refractivity (Wildman–Crippen MR) is 100 cm³/mol. The monoisotopic (exact) mass is 386 g/mol. The first kappa shape index (κ1) is 21.0. The van der Waals surface area contributed by atoms with Gasteiger partial charge in [0.15, 0.2) is 0 Å². The molecule has 28 heavy (non-hydrogen) atoms. The maximum absolute atomic E-state index is 12.6. The molecule has 2 aromatic carbocycles. The highest BCUT2D eigenvalue weighted by Gasteiger charge is 2.30. The van der Waals surface area contributed by atoms with Crippen molar-refractivity contribution in [3.05, 3.63) is 65.2 Å². The second kappa shape index (κ2) is 10.1. The lowest BCUT2D eigenvalue weighted by Crippen LogP contribution is -2.25. The minimum absolute atomic E-state index is 0.124. The van der Waals surface area contributed by atoms with Crippen molar-refractivity contribution < 1.29 is 33.3 Å². The lowest BCUT2D eigenvalue weighted by molar-refractivity contribution is -0.151. The standard InChI is InChI=1S/C21H22O7/c1-4-26-20(23)15-11-7-6-10-14(15)18(21(24)27-5-2)28-17-13-9-8-12-16(17)19(22)25-3/h6-13,18H,4-5H2,1-3H3. The highest BCUT2D eigenvalue weighted by Crippen LogP contribution is 2.29. The molecule has 2 aromatic rings. The van der Waals surface area contributed by atoms with E-state index in [2.05, 4.69) is 0 Å². The van der Waals surface area contributed by atoms with E-state index in [9.17, 15) is 14.4 Å². The lowest BCUT2D eigenvalue weighted by Gasteiger charge is -2.21. The van der Waals surface area contributed by atoms with Crippen LogP contribution in [0.1, 0.15) is 46.2 Å². The first-order valence-electron chi connectivity index (χ1n) is 8.80. The van der Waals surface area contributed by atoms with E-state index in [1.807, 2.05) is 0 Å². The van der Waals surface area contributed by atoms with Gasteiger partial charge in [0.05, 0.1) is 25.9 Å². The molecule has 0 fully saturated rings. The fourth-order valence-electron chi connectivity index (χ4n) is 2.55. The summed E-state index contributed by atoms with van der Waals surface area (Å²) < 4.78 is 20.8. The lowest BCUT2D eigenvalue weighted by atomic mass is 10.0. The van der Waals surface area contributed by atoms with Crippen molar-refractivity contribution >= 4 is 17.9 Å². The van der Waals surface area contributed by atoms with Crippen molar-refractivity contribution in [2.24, 2.45) is 0 Å². The van der Waals surface area contributed by atoms with Gasteiger partial charge in [-0.15, -0.1) is 0 Å². The second-order valence-electron chi connectivity index (χ2n) is 5.55. The Morgan fingerprint density at radius 1 is 0.821 bits per heavy atom. The molecule has 0 amide bonds. The van der Waals surface area contributed by atoms with E-state index in [4.69, 9.17) is 18.9 Å². The summed E-state index contributed by atoms with van der Waals surface area (Å²) in [5.41, 5.74) is 0.602. The molecule has 2 rings (SSSR count). The third-order valence-electron chi connectivity index (χ3n) is 3.78. The van der Waals surface area contributed by atoms with Crippen LogP contribution in [0.4, 0.5) is 0 Å². The average molecular weight is 386 g/mol. The minimum Gasteiger partial charge on any atom is -0.473 e. The molecule has 0 saturated carbocycles. The van der Waals surface area contributed by atoms with Gasteiger partial charge in [-0.1, -0.05) is 30.3 Å². The summed E-state index contributed by atoms with van der Waals surface area (Å²) in [5, 5.41) is 0. The zero-order valence-electron chi connectivity index (χ0n) is 16.0. The van der Waals surface area contributed by atoms with Crippen molar-refractivity contribution in [2.45, 2.75) is 20.0 Å². The van der Waals surface area contributed by atoms with Gasteiger partial charge in [0.2, 0.25) is 6.10 Å². The van der Waals surface area contributed by atoms with Crippen molar-refractivity contribution in [2.75, 3.05) is 20.3 Å². The Balaban J connectivity index is 2.50. The highest BCUT2D eigenvalue weighted by molar-refractivity contribution is 5.94. The van der Waals surface area contributed by atoms with Gasteiger partial charge in [-0.05, 0) is 32.0 Å². The van der Waals surface area contributed by atoms with Crippen molar-refractivity contribution in [3.63, 3.8) is 0 Å². The summed E-state index contributed by atoms with van der Waals surface area (Å²) in [6.45, 7) is 3.66. The molecule has 0 saturated heterocycles. The molecule has 1 unspecified atom stereocenters. The predicted octanol–water partition coefficient (Wildman–Crippen LogP) is 3.33. The Morgan fingerprint density at radius 2 is 1.43 bits per heavy atom. The summed E-state index contributed by atoms with van der Waals surface area (Å²) in [6, 6.07) is 12.8. The fraction of sp³-hybridized carbons (Fsp3) is 0.286. The molecule has 0 bridgehead atoms. The summed E-state index contributed by atoms with van der Waals surface area (Å²) >= 11 is 0. The zero-order valence-corrected chi connectivity index (χ0v) is 16.0. The highest BCUT2D eigenvalue weighted by atomic mass is 16.6. The maximum atomic E-state index is 12.6. The third-order valence-corrected chi connectivity index (χ3v) is 3.78. The smallest absolute Gasteiger partial charge is 0.352 e. The van der Waals surface area contributed by atoms with Crippen molar-refractivity contribution in [1.29, 1.82) is 0 Å². The number of hydrogen-bond acceptors (Lipinski definition) is 7. The van der Waals surface area contributed by atoms with Crippen LogP contribution in [0.2, 0.25) is 0 Å².